The van der Waals surface area contributed by atoms with Crippen LogP contribution in [0.3, 0.4) is 0 Å². The van der Waals surface area contributed by atoms with Gasteiger partial charge in [-0.15, -0.1) is 0 Å². The summed E-state index contributed by atoms with van der Waals surface area (Å²) in [6.07, 6.45) is 0. The number of ether oxygens (including phenoxy) is 1. The van der Waals surface area contributed by atoms with E-state index in [-0.39, 0.29) is 17.4 Å². The second-order valence-corrected chi connectivity index (χ2v) is 7.72. The smallest absolute Gasteiger partial charge is 0.256 e. The molecule has 1 heterocycles. The predicted molar refractivity (Wildman–Crippen MR) is 127 cm³/mol. The van der Waals surface area contributed by atoms with Gasteiger partial charge in [-0.1, -0.05) is 12.1 Å². The van der Waals surface area contributed by atoms with Gasteiger partial charge in [0.25, 0.3) is 11.8 Å². The van der Waals surface area contributed by atoms with Crippen molar-refractivity contribution in [2.45, 2.75) is 6.92 Å². The molecular formula is C26H26FN3O3. The summed E-state index contributed by atoms with van der Waals surface area (Å²) in [6.45, 7) is 4.83. The van der Waals surface area contributed by atoms with E-state index < -0.39 is 5.82 Å². The van der Waals surface area contributed by atoms with Crippen LogP contribution >= 0.6 is 0 Å². The number of halogens is 1. The Morgan fingerprint density at radius 1 is 0.909 bits per heavy atom. The van der Waals surface area contributed by atoms with Crippen LogP contribution in [-0.2, 0) is 0 Å². The van der Waals surface area contributed by atoms with Gasteiger partial charge in [-0.05, 0) is 67.6 Å². The van der Waals surface area contributed by atoms with Crippen molar-refractivity contribution in [3.63, 3.8) is 0 Å². The molecule has 0 saturated carbocycles. The molecule has 4 rings (SSSR count). The molecule has 0 atom stereocenters. The minimum atomic E-state index is -0.493. The number of benzene rings is 3. The zero-order valence-corrected chi connectivity index (χ0v) is 18.5. The van der Waals surface area contributed by atoms with Gasteiger partial charge in [0.15, 0.2) is 0 Å². The Kier molecular flexibility index (Phi) is 6.88. The Balaban J connectivity index is 1.32. The minimum Gasteiger partial charge on any atom is -0.494 e. The zero-order valence-electron chi connectivity index (χ0n) is 18.5. The van der Waals surface area contributed by atoms with Crippen molar-refractivity contribution in [1.29, 1.82) is 0 Å². The maximum absolute atomic E-state index is 13.9. The third-order valence-electron chi connectivity index (χ3n) is 5.59. The van der Waals surface area contributed by atoms with E-state index in [1.165, 1.54) is 12.1 Å². The Morgan fingerprint density at radius 2 is 1.58 bits per heavy atom. The first kappa shape index (κ1) is 22.3. The molecule has 2 amide bonds. The van der Waals surface area contributed by atoms with Crippen LogP contribution in [0, 0.1) is 5.82 Å². The van der Waals surface area contributed by atoms with Crippen molar-refractivity contribution < 1.29 is 18.7 Å². The number of hydrogen-bond acceptors (Lipinski definition) is 4. The lowest BCUT2D eigenvalue weighted by atomic mass is 10.1. The van der Waals surface area contributed by atoms with Gasteiger partial charge >= 0.3 is 0 Å². The van der Waals surface area contributed by atoms with E-state index >= 15 is 0 Å². The van der Waals surface area contributed by atoms with Crippen LogP contribution in [0.4, 0.5) is 15.8 Å². The highest BCUT2D eigenvalue weighted by atomic mass is 19.1. The number of amides is 2. The average Bonchev–Trinajstić information content (AvgIpc) is 2.85. The Morgan fingerprint density at radius 3 is 2.21 bits per heavy atom. The third kappa shape index (κ3) is 5.31. The highest BCUT2D eigenvalue weighted by Gasteiger charge is 2.24. The number of piperazine rings is 1. The summed E-state index contributed by atoms with van der Waals surface area (Å²) in [5, 5.41) is 2.90. The largest absolute Gasteiger partial charge is 0.494 e. The molecule has 0 aliphatic carbocycles. The van der Waals surface area contributed by atoms with Crippen molar-refractivity contribution >= 4 is 23.2 Å². The molecule has 0 aromatic heterocycles. The molecule has 0 spiro atoms. The van der Waals surface area contributed by atoms with E-state index in [1.54, 1.807) is 41.3 Å². The van der Waals surface area contributed by atoms with E-state index in [2.05, 4.69) is 10.2 Å². The Labute approximate surface area is 192 Å². The van der Waals surface area contributed by atoms with E-state index in [0.717, 1.165) is 11.4 Å². The maximum Gasteiger partial charge on any atom is 0.256 e. The highest BCUT2D eigenvalue weighted by Crippen LogP contribution is 2.21. The van der Waals surface area contributed by atoms with Gasteiger partial charge in [0.2, 0.25) is 0 Å². The quantitative estimate of drug-likeness (QED) is 0.607. The summed E-state index contributed by atoms with van der Waals surface area (Å²) in [6, 6.07) is 20.7. The number of nitrogens with one attached hydrogen (secondary N) is 1. The van der Waals surface area contributed by atoms with Gasteiger partial charge in [0.1, 0.15) is 11.6 Å². The van der Waals surface area contributed by atoms with Crippen molar-refractivity contribution in [3.05, 3.63) is 89.7 Å². The van der Waals surface area contributed by atoms with Crippen LogP contribution in [0.2, 0.25) is 0 Å². The first-order valence-corrected chi connectivity index (χ1v) is 11.0. The lowest BCUT2D eigenvalue weighted by Crippen LogP contribution is -2.49. The molecule has 6 nitrogen and oxygen atoms in total. The van der Waals surface area contributed by atoms with E-state index in [4.69, 9.17) is 4.74 Å². The van der Waals surface area contributed by atoms with Crippen molar-refractivity contribution in [2.24, 2.45) is 0 Å². The average molecular weight is 448 g/mol. The van der Waals surface area contributed by atoms with Crippen LogP contribution < -0.4 is 15.0 Å². The van der Waals surface area contributed by atoms with Crippen molar-refractivity contribution in [1.82, 2.24) is 4.90 Å². The molecule has 3 aromatic carbocycles. The van der Waals surface area contributed by atoms with Crippen LogP contribution in [0.25, 0.3) is 0 Å². The first-order chi connectivity index (χ1) is 16.0. The molecule has 3 aromatic rings. The van der Waals surface area contributed by atoms with E-state index in [1.807, 2.05) is 31.2 Å². The maximum atomic E-state index is 13.9. The van der Waals surface area contributed by atoms with Crippen molar-refractivity contribution in [3.8, 4) is 5.75 Å². The number of nitrogens with zero attached hydrogens (tertiary/aromatic N) is 2. The summed E-state index contributed by atoms with van der Waals surface area (Å²) in [7, 11) is 0. The third-order valence-corrected chi connectivity index (χ3v) is 5.59. The van der Waals surface area contributed by atoms with Gasteiger partial charge in [0, 0.05) is 43.1 Å². The number of anilines is 2. The molecule has 0 radical (unpaired) electrons. The SMILES string of the molecule is CCOc1ccc(C(=O)Nc2ccc(N3CCN(C(=O)c4ccccc4F)CC3)cc2)cc1. The Hall–Kier alpha value is -3.87. The molecule has 1 aliphatic heterocycles. The van der Waals surface area contributed by atoms with Crippen LogP contribution in [0.5, 0.6) is 5.75 Å². The lowest BCUT2D eigenvalue weighted by molar-refractivity contribution is 0.0742. The fourth-order valence-electron chi connectivity index (χ4n) is 3.80. The molecule has 33 heavy (non-hydrogen) atoms. The molecule has 0 bridgehead atoms. The molecule has 1 fully saturated rings. The van der Waals surface area contributed by atoms with Gasteiger partial charge in [-0.25, -0.2) is 4.39 Å². The van der Waals surface area contributed by atoms with E-state index in [0.29, 0.717) is 44.0 Å². The number of carbonyl (C=O) groups is 2. The van der Waals surface area contributed by atoms with Gasteiger partial charge in [0.05, 0.1) is 12.2 Å². The van der Waals surface area contributed by atoms with Crippen LogP contribution in [0.1, 0.15) is 27.6 Å². The predicted octanol–water partition coefficient (Wildman–Crippen LogP) is 4.44. The van der Waals surface area contributed by atoms with E-state index in [9.17, 15) is 14.0 Å². The normalized spacial score (nSPS) is 13.5. The Bertz CT molecular complexity index is 1110. The second-order valence-electron chi connectivity index (χ2n) is 7.72. The van der Waals surface area contributed by atoms with Gasteiger partial charge < -0.3 is 19.9 Å². The van der Waals surface area contributed by atoms with Crippen LogP contribution in [0.15, 0.2) is 72.8 Å². The molecule has 1 aliphatic rings. The molecular weight excluding hydrogens is 421 g/mol. The topological polar surface area (TPSA) is 61.9 Å². The standard InChI is InChI=1S/C26H26FN3O3/c1-2-33-22-13-7-19(8-14-22)25(31)28-20-9-11-21(12-10-20)29-15-17-30(18-16-29)26(32)23-5-3-4-6-24(23)27/h3-14H,2,15-18H2,1H3,(H,28,31). The molecule has 170 valence electrons. The molecule has 0 unspecified atom stereocenters. The lowest BCUT2D eigenvalue weighted by Gasteiger charge is -2.36. The summed E-state index contributed by atoms with van der Waals surface area (Å²) < 4.78 is 19.3. The van der Waals surface area contributed by atoms with Crippen molar-refractivity contribution in [2.75, 3.05) is 43.0 Å². The fourth-order valence-corrected chi connectivity index (χ4v) is 3.80. The van der Waals surface area contributed by atoms with Gasteiger partial charge in [-0.3, -0.25) is 9.59 Å². The number of carbonyl (C=O) groups excluding carboxylic acids is 2. The molecule has 1 N–H and O–H groups in total. The number of hydrogen-bond donors (Lipinski definition) is 1. The summed E-state index contributed by atoms with van der Waals surface area (Å²) in [5.41, 5.74) is 2.37. The monoisotopic (exact) mass is 447 g/mol. The molecule has 7 heteroatoms. The summed E-state index contributed by atoms with van der Waals surface area (Å²) in [4.78, 5) is 28.9. The fraction of sp³-hybridized carbons (Fsp3) is 0.231. The summed E-state index contributed by atoms with van der Waals surface area (Å²) in [5.74, 6) is -0.229. The number of rotatable bonds is 6. The second kappa shape index (κ2) is 10.2. The van der Waals surface area contributed by atoms with Crippen LogP contribution in [-0.4, -0.2) is 49.5 Å². The van der Waals surface area contributed by atoms with Gasteiger partial charge in [-0.2, -0.15) is 0 Å². The summed E-state index contributed by atoms with van der Waals surface area (Å²) >= 11 is 0. The minimum absolute atomic E-state index is 0.110. The molecule has 1 saturated heterocycles. The highest BCUT2D eigenvalue weighted by molar-refractivity contribution is 6.04. The zero-order chi connectivity index (χ0) is 23.2. The first-order valence-electron chi connectivity index (χ1n) is 11.0.